The molecule has 0 unspecified atom stereocenters. The highest BCUT2D eigenvalue weighted by atomic mass is 16.3. The van der Waals surface area contributed by atoms with Gasteiger partial charge in [0.05, 0.1) is 17.8 Å². The Balaban J connectivity index is 2.66. The molecule has 13 heavy (non-hydrogen) atoms. The van der Waals surface area contributed by atoms with E-state index in [0.29, 0.717) is 5.69 Å². The van der Waals surface area contributed by atoms with E-state index >= 15 is 0 Å². The number of fused-ring (bicyclic) bond motifs is 1. The number of rotatable bonds is 1. The Kier molecular flexibility index (Phi) is 1.87. The Morgan fingerprint density at radius 3 is 2.85 bits per heavy atom. The van der Waals surface area contributed by atoms with Crippen molar-refractivity contribution >= 4 is 16.6 Å². The van der Waals surface area contributed by atoms with Crippen LogP contribution in [0.4, 0.5) is 5.69 Å². The zero-order chi connectivity index (χ0) is 9.26. The molecule has 0 spiro atoms. The highest BCUT2D eigenvalue weighted by molar-refractivity contribution is 5.81. The van der Waals surface area contributed by atoms with Gasteiger partial charge in [0.2, 0.25) is 0 Å². The Labute approximate surface area is 75.8 Å². The molecule has 0 saturated heterocycles. The molecule has 0 radical (unpaired) electrons. The van der Waals surface area contributed by atoms with Crippen molar-refractivity contribution in [1.82, 2.24) is 4.98 Å². The number of nitrogens with zero attached hydrogens (tertiary/aromatic N) is 1. The standard InChI is InChI=1S/C10H10N2O/c11-8-2-4-10-7(5-8)1-3-9(6-13)12-10/h1-5,13H,6,11H2. The van der Waals surface area contributed by atoms with E-state index in [2.05, 4.69) is 4.98 Å². The minimum atomic E-state index is -0.0275. The maximum atomic E-state index is 8.86. The van der Waals surface area contributed by atoms with E-state index in [0.717, 1.165) is 16.6 Å². The van der Waals surface area contributed by atoms with Crippen molar-refractivity contribution in [3.8, 4) is 0 Å². The molecule has 0 fully saturated rings. The third kappa shape index (κ3) is 1.46. The summed E-state index contributed by atoms with van der Waals surface area (Å²) < 4.78 is 0. The van der Waals surface area contributed by atoms with Crippen molar-refractivity contribution in [3.05, 3.63) is 36.0 Å². The van der Waals surface area contributed by atoms with Crippen LogP contribution in [0.5, 0.6) is 0 Å². The Morgan fingerprint density at radius 2 is 2.08 bits per heavy atom. The first-order valence-electron chi connectivity index (χ1n) is 4.05. The van der Waals surface area contributed by atoms with Crippen LogP contribution >= 0.6 is 0 Å². The number of hydrogen-bond acceptors (Lipinski definition) is 3. The number of anilines is 1. The van der Waals surface area contributed by atoms with Crippen molar-refractivity contribution in [2.45, 2.75) is 6.61 Å². The van der Waals surface area contributed by atoms with Crippen LogP contribution in [-0.4, -0.2) is 10.1 Å². The summed E-state index contributed by atoms with van der Waals surface area (Å²) in [5, 5.41) is 9.86. The van der Waals surface area contributed by atoms with E-state index in [9.17, 15) is 0 Å². The lowest BCUT2D eigenvalue weighted by molar-refractivity contribution is 0.277. The minimum Gasteiger partial charge on any atom is -0.399 e. The minimum absolute atomic E-state index is 0.0275. The molecule has 66 valence electrons. The van der Waals surface area contributed by atoms with Crippen molar-refractivity contribution < 1.29 is 5.11 Å². The molecule has 0 bridgehead atoms. The van der Waals surface area contributed by atoms with Gasteiger partial charge in [0.1, 0.15) is 0 Å². The topological polar surface area (TPSA) is 59.1 Å². The summed E-state index contributed by atoms with van der Waals surface area (Å²) in [6.45, 7) is -0.0275. The van der Waals surface area contributed by atoms with Crippen LogP contribution in [0.2, 0.25) is 0 Å². The van der Waals surface area contributed by atoms with Crippen LogP contribution in [0.3, 0.4) is 0 Å². The first-order valence-corrected chi connectivity index (χ1v) is 4.05. The fraction of sp³-hybridized carbons (Fsp3) is 0.100. The SMILES string of the molecule is Nc1ccc2nc(CO)ccc2c1. The lowest BCUT2D eigenvalue weighted by atomic mass is 10.2. The quantitative estimate of drug-likeness (QED) is 0.641. The van der Waals surface area contributed by atoms with E-state index in [1.807, 2.05) is 18.2 Å². The van der Waals surface area contributed by atoms with E-state index in [1.165, 1.54) is 0 Å². The van der Waals surface area contributed by atoms with Crippen molar-refractivity contribution in [2.24, 2.45) is 0 Å². The molecule has 0 aliphatic carbocycles. The van der Waals surface area contributed by atoms with Crippen LogP contribution in [0.1, 0.15) is 5.69 Å². The zero-order valence-corrected chi connectivity index (χ0v) is 7.07. The summed E-state index contributed by atoms with van der Waals surface area (Å²) in [5.41, 5.74) is 7.88. The average Bonchev–Trinajstić information content (AvgIpc) is 2.17. The molecular weight excluding hydrogens is 164 g/mol. The average molecular weight is 174 g/mol. The Morgan fingerprint density at radius 1 is 1.23 bits per heavy atom. The third-order valence-electron chi connectivity index (χ3n) is 1.93. The zero-order valence-electron chi connectivity index (χ0n) is 7.07. The van der Waals surface area contributed by atoms with Gasteiger partial charge in [-0.05, 0) is 24.3 Å². The smallest absolute Gasteiger partial charge is 0.0853 e. The number of nitrogen functional groups attached to an aromatic ring is 1. The number of hydrogen-bond donors (Lipinski definition) is 2. The van der Waals surface area contributed by atoms with Crippen molar-refractivity contribution in [1.29, 1.82) is 0 Å². The molecule has 0 amide bonds. The second kappa shape index (κ2) is 3.03. The summed E-state index contributed by atoms with van der Waals surface area (Å²) in [5.74, 6) is 0. The maximum absolute atomic E-state index is 8.86. The summed E-state index contributed by atoms with van der Waals surface area (Å²) in [6, 6.07) is 9.22. The first-order chi connectivity index (χ1) is 6.29. The van der Waals surface area contributed by atoms with Gasteiger partial charge in [-0.25, -0.2) is 0 Å². The van der Waals surface area contributed by atoms with Gasteiger partial charge < -0.3 is 10.8 Å². The molecule has 0 aliphatic heterocycles. The molecular formula is C10H10N2O. The molecule has 0 atom stereocenters. The first kappa shape index (κ1) is 8.01. The van der Waals surface area contributed by atoms with E-state index in [1.54, 1.807) is 12.1 Å². The normalized spacial score (nSPS) is 10.5. The predicted octanol–water partition coefficient (Wildman–Crippen LogP) is 1.31. The molecule has 0 aliphatic rings. The van der Waals surface area contributed by atoms with Crippen molar-refractivity contribution in [2.75, 3.05) is 5.73 Å². The molecule has 3 heteroatoms. The summed E-state index contributed by atoms with van der Waals surface area (Å²) >= 11 is 0. The molecule has 3 nitrogen and oxygen atoms in total. The van der Waals surface area contributed by atoms with Gasteiger partial charge in [-0.2, -0.15) is 0 Å². The number of benzene rings is 1. The summed E-state index contributed by atoms with van der Waals surface area (Å²) in [4.78, 5) is 4.23. The monoisotopic (exact) mass is 174 g/mol. The van der Waals surface area contributed by atoms with Gasteiger partial charge in [0.15, 0.2) is 0 Å². The molecule has 1 aromatic heterocycles. The highest BCUT2D eigenvalue weighted by Crippen LogP contribution is 2.15. The molecule has 1 heterocycles. The molecule has 2 rings (SSSR count). The van der Waals surface area contributed by atoms with Gasteiger partial charge in [-0.15, -0.1) is 0 Å². The number of nitrogens with two attached hydrogens (primary N) is 1. The van der Waals surface area contributed by atoms with Crippen LogP contribution < -0.4 is 5.73 Å². The lowest BCUT2D eigenvalue weighted by Gasteiger charge is -2.00. The number of pyridine rings is 1. The molecule has 0 saturated carbocycles. The number of aliphatic hydroxyl groups is 1. The molecule has 3 N–H and O–H groups in total. The molecule has 2 aromatic rings. The Bertz CT molecular complexity index is 440. The van der Waals surface area contributed by atoms with Gasteiger partial charge in [-0.1, -0.05) is 6.07 Å². The maximum Gasteiger partial charge on any atom is 0.0853 e. The highest BCUT2D eigenvalue weighted by Gasteiger charge is 1.96. The predicted molar refractivity (Wildman–Crippen MR) is 52.1 cm³/mol. The van der Waals surface area contributed by atoms with Crippen LogP contribution in [0.25, 0.3) is 10.9 Å². The second-order valence-corrected chi connectivity index (χ2v) is 2.91. The fourth-order valence-electron chi connectivity index (χ4n) is 1.27. The van der Waals surface area contributed by atoms with Crippen LogP contribution in [0, 0.1) is 0 Å². The summed E-state index contributed by atoms with van der Waals surface area (Å²) in [6.07, 6.45) is 0. The van der Waals surface area contributed by atoms with Gasteiger partial charge in [-0.3, -0.25) is 4.98 Å². The Hall–Kier alpha value is -1.61. The van der Waals surface area contributed by atoms with Gasteiger partial charge in [0.25, 0.3) is 0 Å². The van der Waals surface area contributed by atoms with Crippen molar-refractivity contribution in [3.63, 3.8) is 0 Å². The number of aliphatic hydroxyl groups excluding tert-OH is 1. The fourth-order valence-corrected chi connectivity index (χ4v) is 1.27. The van der Waals surface area contributed by atoms with E-state index in [-0.39, 0.29) is 6.61 Å². The lowest BCUT2D eigenvalue weighted by Crippen LogP contribution is -1.90. The molecule has 1 aromatic carbocycles. The van der Waals surface area contributed by atoms with E-state index < -0.39 is 0 Å². The largest absolute Gasteiger partial charge is 0.399 e. The van der Waals surface area contributed by atoms with E-state index in [4.69, 9.17) is 10.8 Å². The number of aromatic nitrogens is 1. The summed E-state index contributed by atoms with van der Waals surface area (Å²) in [7, 11) is 0. The van der Waals surface area contributed by atoms with Crippen LogP contribution in [-0.2, 0) is 6.61 Å². The van der Waals surface area contributed by atoms with Crippen LogP contribution in [0.15, 0.2) is 30.3 Å². The van der Waals surface area contributed by atoms with Gasteiger partial charge in [0, 0.05) is 11.1 Å². The third-order valence-corrected chi connectivity index (χ3v) is 1.93. The second-order valence-electron chi connectivity index (χ2n) is 2.91. The van der Waals surface area contributed by atoms with Gasteiger partial charge >= 0.3 is 0 Å².